The molecule has 1 unspecified atom stereocenters. The molecule has 1 aliphatic rings. The van der Waals surface area contributed by atoms with Crippen molar-refractivity contribution >= 4 is 5.91 Å². The highest BCUT2D eigenvalue weighted by Crippen LogP contribution is 2.33. The van der Waals surface area contributed by atoms with E-state index < -0.39 is 5.91 Å². The van der Waals surface area contributed by atoms with Crippen LogP contribution < -0.4 is 5.73 Å². The minimum absolute atomic E-state index is 0.181. The molecule has 0 aliphatic heterocycles. The molecule has 0 radical (unpaired) electrons. The highest BCUT2D eigenvalue weighted by molar-refractivity contribution is 5.89. The van der Waals surface area contributed by atoms with E-state index in [0.717, 1.165) is 19.3 Å². The lowest BCUT2D eigenvalue weighted by Gasteiger charge is -2.27. The van der Waals surface area contributed by atoms with E-state index in [1.54, 1.807) is 6.20 Å². The van der Waals surface area contributed by atoms with E-state index in [1.807, 2.05) is 16.8 Å². The van der Waals surface area contributed by atoms with Gasteiger partial charge < -0.3 is 10.3 Å². The molecule has 1 amide bonds. The van der Waals surface area contributed by atoms with Gasteiger partial charge in [0.1, 0.15) is 0 Å². The number of rotatable bonds is 2. The van der Waals surface area contributed by atoms with Gasteiger partial charge in [-0.05, 0) is 30.4 Å². The van der Waals surface area contributed by atoms with E-state index in [2.05, 4.69) is 23.2 Å². The summed E-state index contributed by atoms with van der Waals surface area (Å²) >= 11 is 0. The molecule has 1 aliphatic carbocycles. The molecular weight excluding hydrogens is 226 g/mol. The van der Waals surface area contributed by atoms with E-state index in [-0.39, 0.29) is 6.04 Å². The Morgan fingerprint density at radius 2 is 2.22 bits per heavy atom. The second-order valence-corrected chi connectivity index (χ2v) is 4.63. The zero-order valence-electron chi connectivity index (χ0n) is 10.0. The van der Waals surface area contributed by atoms with Crippen LogP contribution >= 0.6 is 0 Å². The van der Waals surface area contributed by atoms with Crippen molar-refractivity contribution in [3.8, 4) is 0 Å². The summed E-state index contributed by atoms with van der Waals surface area (Å²) in [6.45, 7) is 0. The van der Waals surface area contributed by atoms with Crippen molar-refractivity contribution in [1.82, 2.24) is 9.55 Å². The maximum atomic E-state index is 11.4. The number of carbonyl (C=O) groups excluding carboxylic acids is 1. The number of nitrogens with two attached hydrogens (primary N) is 1. The Bertz CT molecular complexity index is 588. The SMILES string of the molecule is NC(=O)c1nccn1C1CCCc2ccccc21. The molecule has 92 valence electrons. The minimum atomic E-state index is -0.469. The molecule has 0 saturated carbocycles. The Hall–Kier alpha value is -2.10. The first-order valence-corrected chi connectivity index (χ1v) is 6.18. The molecule has 2 aromatic rings. The number of carbonyl (C=O) groups is 1. The van der Waals surface area contributed by atoms with Gasteiger partial charge in [-0.25, -0.2) is 4.98 Å². The van der Waals surface area contributed by atoms with Crippen molar-refractivity contribution in [2.45, 2.75) is 25.3 Å². The molecule has 1 aromatic carbocycles. The number of fused-ring (bicyclic) bond motifs is 1. The van der Waals surface area contributed by atoms with Gasteiger partial charge in [0.05, 0.1) is 6.04 Å². The molecule has 3 rings (SSSR count). The van der Waals surface area contributed by atoms with Gasteiger partial charge in [-0.15, -0.1) is 0 Å². The fourth-order valence-corrected chi connectivity index (χ4v) is 2.77. The zero-order chi connectivity index (χ0) is 12.5. The second-order valence-electron chi connectivity index (χ2n) is 4.63. The van der Waals surface area contributed by atoms with E-state index in [4.69, 9.17) is 5.73 Å². The number of aromatic nitrogens is 2. The van der Waals surface area contributed by atoms with Crippen molar-refractivity contribution < 1.29 is 4.79 Å². The summed E-state index contributed by atoms with van der Waals surface area (Å²) < 4.78 is 1.90. The quantitative estimate of drug-likeness (QED) is 0.873. The highest BCUT2D eigenvalue weighted by atomic mass is 16.1. The predicted octanol–water partition coefficient (Wildman–Crippen LogP) is 1.91. The zero-order valence-corrected chi connectivity index (χ0v) is 10.0. The molecule has 0 fully saturated rings. The van der Waals surface area contributed by atoms with Crippen molar-refractivity contribution in [3.63, 3.8) is 0 Å². The van der Waals surface area contributed by atoms with Crippen LogP contribution in [-0.4, -0.2) is 15.5 Å². The standard InChI is InChI=1S/C14H15N3O/c15-13(18)14-16-8-9-17(14)12-7-3-5-10-4-1-2-6-11(10)12/h1-2,4,6,8-9,12H,3,5,7H2,(H2,15,18). The van der Waals surface area contributed by atoms with E-state index in [9.17, 15) is 4.79 Å². The number of hydrogen-bond acceptors (Lipinski definition) is 2. The van der Waals surface area contributed by atoms with Gasteiger partial charge in [0.25, 0.3) is 5.91 Å². The van der Waals surface area contributed by atoms with Gasteiger partial charge in [-0.2, -0.15) is 0 Å². The van der Waals surface area contributed by atoms with Gasteiger partial charge in [-0.3, -0.25) is 4.79 Å². The number of benzene rings is 1. The second kappa shape index (κ2) is 4.29. The molecule has 0 spiro atoms. The van der Waals surface area contributed by atoms with Gasteiger partial charge in [-0.1, -0.05) is 24.3 Å². The van der Waals surface area contributed by atoms with Crippen molar-refractivity contribution in [2.75, 3.05) is 0 Å². The van der Waals surface area contributed by atoms with Gasteiger partial charge in [0.2, 0.25) is 0 Å². The molecule has 1 atom stereocenters. The summed E-state index contributed by atoms with van der Waals surface area (Å²) in [5, 5.41) is 0. The van der Waals surface area contributed by atoms with E-state index in [0.29, 0.717) is 5.82 Å². The topological polar surface area (TPSA) is 60.9 Å². The number of hydrogen-bond donors (Lipinski definition) is 1. The van der Waals surface area contributed by atoms with Crippen LogP contribution in [0.2, 0.25) is 0 Å². The molecular formula is C14H15N3O. The van der Waals surface area contributed by atoms with Gasteiger partial charge in [0.15, 0.2) is 5.82 Å². The van der Waals surface area contributed by atoms with Crippen LogP contribution in [0.15, 0.2) is 36.7 Å². The lowest BCUT2D eigenvalue weighted by Crippen LogP contribution is -2.24. The van der Waals surface area contributed by atoms with Crippen LogP contribution in [0.4, 0.5) is 0 Å². The minimum Gasteiger partial charge on any atom is -0.363 e. The maximum absolute atomic E-state index is 11.4. The van der Waals surface area contributed by atoms with Crippen LogP contribution in [-0.2, 0) is 6.42 Å². The number of primary amides is 1. The molecule has 1 aromatic heterocycles. The number of aryl methyl sites for hydroxylation is 1. The average molecular weight is 241 g/mol. The third kappa shape index (κ3) is 1.70. The molecule has 4 nitrogen and oxygen atoms in total. The normalized spacial score (nSPS) is 18.3. The Labute approximate surface area is 105 Å². The number of imidazole rings is 1. The Morgan fingerprint density at radius 1 is 1.39 bits per heavy atom. The molecule has 18 heavy (non-hydrogen) atoms. The van der Waals surface area contributed by atoms with Gasteiger partial charge in [0, 0.05) is 12.4 Å². The van der Waals surface area contributed by atoms with Crippen LogP contribution in [0.5, 0.6) is 0 Å². The fraction of sp³-hybridized carbons (Fsp3) is 0.286. The van der Waals surface area contributed by atoms with Gasteiger partial charge >= 0.3 is 0 Å². The third-order valence-corrected chi connectivity index (χ3v) is 3.56. The summed E-state index contributed by atoms with van der Waals surface area (Å²) in [5.41, 5.74) is 8.00. The molecule has 4 heteroatoms. The lowest BCUT2D eigenvalue weighted by molar-refractivity contribution is 0.0984. The lowest BCUT2D eigenvalue weighted by atomic mass is 9.87. The monoisotopic (exact) mass is 241 g/mol. The smallest absolute Gasteiger partial charge is 0.284 e. The molecule has 2 N–H and O–H groups in total. The van der Waals surface area contributed by atoms with Crippen molar-refractivity contribution in [3.05, 3.63) is 53.6 Å². The Kier molecular flexibility index (Phi) is 2.63. The van der Waals surface area contributed by atoms with Crippen LogP contribution in [0.3, 0.4) is 0 Å². The first-order chi connectivity index (χ1) is 8.77. The highest BCUT2D eigenvalue weighted by Gasteiger charge is 2.24. The molecule has 0 bridgehead atoms. The van der Waals surface area contributed by atoms with Crippen molar-refractivity contribution in [1.29, 1.82) is 0 Å². The Balaban J connectivity index is 2.08. The van der Waals surface area contributed by atoms with E-state index >= 15 is 0 Å². The van der Waals surface area contributed by atoms with Crippen LogP contribution in [0.25, 0.3) is 0 Å². The molecule has 0 saturated heterocycles. The molecule has 1 heterocycles. The third-order valence-electron chi connectivity index (χ3n) is 3.56. The summed E-state index contributed by atoms with van der Waals surface area (Å²) in [4.78, 5) is 15.4. The summed E-state index contributed by atoms with van der Waals surface area (Å²) in [5.74, 6) is -0.125. The summed E-state index contributed by atoms with van der Waals surface area (Å²) in [6, 6.07) is 8.56. The number of nitrogens with zero attached hydrogens (tertiary/aromatic N) is 2. The van der Waals surface area contributed by atoms with Crippen LogP contribution in [0.1, 0.15) is 40.6 Å². The maximum Gasteiger partial charge on any atom is 0.284 e. The summed E-state index contributed by atoms with van der Waals surface area (Å²) in [7, 11) is 0. The van der Waals surface area contributed by atoms with Crippen LogP contribution in [0, 0.1) is 0 Å². The number of amides is 1. The Morgan fingerprint density at radius 3 is 3.06 bits per heavy atom. The largest absolute Gasteiger partial charge is 0.363 e. The van der Waals surface area contributed by atoms with Crippen molar-refractivity contribution in [2.24, 2.45) is 5.73 Å². The fourth-order valence-electron chi connectivity index (χ4n) is 2.77. The average Bonchev–Trinajstić information content (AvgIpc) is 2.87. The van der Waals surface area contributed by atoms with E-state index in [1.165, 1.54) is 11.1 Å². The first-order valence-electron chi connectivity index (χ1n) is 6.18. The summed E-state index contributed by atoms with van der Waals surface area (Å²) in [6.07, 6.45) is 6.73. The predicted molar refractivity (Wildman–Crippen MR) is 68.3 cm³/mol. The first kappa shape index (κ1) is 11.0.